The third-order valence-corrected chi connectivity index (χ3v) is 7.71. The monoisotopic (exact) mass is 437 g/mol. The number of thiazole rings is 1. The van der Waals surface area contributed by atoms with E-state index in [1.54, 1.807) is 7.11 Å². The van der Waals surface area contributed by atoms with Gasteiger partial charge in [0.15, 0.2) is 0 Å². The maximum absolute atomic E-state index is 5.44. The molecule has 3 aromatic rings. The minimum Gasteiger partial charge on any atom is -0.497 e. The topological polar surface area (TPSA) is 16.4 Å². The first-order chi connectivity index (χ1) is 14.6. The molecule has 0 saturated carbocycles. The van der Waals surface area contributed by atoms with Gasteiger partial charge in [-0.1, -0.05) is 36.1 Å². The Bertz CT molecular complexity index is 1140. The molecule has 0 aliphatic carbocycles. The van der Waals surface area contributed by atoms with Gasteiger partial charge in [-0.2, -0.15) is 4.57 Å². The number of hydrogen-bond acceptors (Lipinski definition) is 4. The highest BCUT2D eigenvalue weighted by atomic mass is 32.2. The van der Waals surface area contributed by atoms with E-state index in [1.807, 2.05) is 29.2 Å². The highest BCUT2D eigenvalue weighted by molar-refractivity contribution is 8.03. The summed E-state index contributed by atoms with van der Waals surface area (Å²) in [5.74, 6) is 0.907. The van der Waals surface area contributed by atoms with E-state index in [9.17, 15) is 0 Å². The van der Waals surface area contributed by atoms with Crippen LogP contribution in [0.15, 0.2) is 58.0 Å². The number of rotatable bonds is 6. The Morgan fingerprint density at radius 2 is 1.97 bits per heavy atom. The maximum atomic E-state index is 5.44. The average molecular weight is 438 g/mol. The van der Waals surface area contributed by atoms with E-state index in [1.165, 1.54) is 42.0 Å². The first-order valence-electron chi connectivity index (χ1n) is 10.6. The van der Waals surface area contributed by atoms with E-state index in [2.05, 4.69) is 79.6 Å². The molecule has 0 radical (unpaired) electrons. The van der Waals surface area contributed by atoms with E-state index in [0.29, 0.717) is 0 Å². The highest BCUT2D eigenvalue weighted by Crippen LogP contribution is 2.46. The molecular formula is C25H29N2OS2+. The fraction of sp³-hybridized carbons (Fsp3) is 0.320. The summed E-state index contributed by atoms with van der Waals surface area (Å²) in [5, 5.41) is 2.60. The fourth-order valence-corrected chi connectivity index (χ4v) is 6.22. The Balaban J connectivity index is 1.74. The number of thioether (sulfide) groups is 1. The van der Waals surface area contributed by atoms with Crippen molar-refractivity contribution in [1.29, 1.82) is 0 Å². The summed E-state index contributed by atoms with van der Waals surface area (Å²) in [6.07, 6.45) is 5.73. The molecule has 30 heavy (non-hydrogen) atoms. The van der Waals surface area contributed by atoms with Crippen molar-refractivity contribution in [2.45, 2.75) is 45.6 Å². The van der Waals surface area contributed by atoms with Crippen LogP contribution >= 0.6 is 23.1 Å². The molecule has 156 valence electrons. The van der Waals surface area contributed by atoms with Crippen molar-refractivity contribution >= 4 is 45.1 Å². The Labute approximate surface area is 187 Å². The van der Waals surface area contributed by atoms with Crippen molar-refractivity contribution in [3.05, 3.63) is 63.6 Å². The first-order valence-corrected chi connectivity index (χ1v) is 12.2. The van der Waals surface area contributed by atoms with E-state index in [-0.39, 0.29) is 0 Å². The van der Waals surface area contributed by atoms with Crippen LogP contribution in [0.5, 0.6) is 5.75 Å². The third-order valence-electron chi connectivity index (χ3n) is 5.48. The van der Waals surface area contributed by atoms with Crippen LogP contribution in [-0.4, -0.2) is 13.7 Å². The molecular weight excluding hydrogens is 408 g/mol. The largest absolute Gasteiger partial charge is 0.497 e. The Kier molecular flexibility index (Phi) is 6.21. The van der Waals surface area contributed by atoms with Crippen LogP contribution in [-0.2, 0) is 6.54 Å². The summed E-state index contributed by atoms with van der Waals surface area (Å²) >= 11 is 3.72. The van der Waals surface area contributed by atoms with Gasteiger partial charge in [0.05, 0.1) is 23.9 Å². The molecule has 0 spiro atoms. The number of methoxy groups -OCH3 is 1. The molecule has 1 aliphatic rings. The molecule has 0 N–H and O–H groups in total. The molecule has 3 nitrogen and oxygen atoms in total. The lowest BCUT2D eigenvalue weighted by Gasteiger charge is -2.18. The molecule has 0 atom stereocenters. The summed E-state index contributed by atoms with van der Waals surface area (Å²) in [5.41, 5.74) is 5.23. The van der Waals surface area contributed by atoms with E-state index in [4.69, 9.17) is 4.74 Å². The number of hydrogen-bond donors (Lipinski definition) is 0. The van der Waals surface area contributed by atoms with Gasteiger partial charge in [-0.05, 0) is 68.7 Å². The molecule has 0 amide bonds. The molecule has 2 aromatic carbocycles. The number of anilines is 1. The lowest BCUT2D eigenvalue weighted by Crippen LogP contribution is -2.33. The summed E-state index contributed by atoms with van der Waals surface area (Å²) in [6, 6.07) is 13.1. The minimum absolute atomic E-state index is 0.907. The van der Waals surface area contributed by atoms with Crippen LogP contribution < -0.4 is 14.2 Å². The lowest BCUT2D eigenvalue weighted by molar-refractivity contribution is -0.665. The van der Waals surface area contributed by atoms with Gasteiger partial charge in [0.1, 0.15) is 17.0 Å². The third kappa shape index (κ3) is 3.88. The minimum atomic E-state index is 0.907. The maximum Gasteiger partial charge on any atom is 0.263 e. The predicted octanol–water partition coefficient (Wildman–Crippen LogP) is 6.79. The number of aromatic nitrogens is 1. The Hall–Kier alpha value is -2.24. The van der Waals surface area contributed by atoms with E-state index >= 15 is 0 Å². The smallest absolute Gasteiger partial charge is 0.263 e. The van der Waals surface area contributed by atoms with Crippen LogP contribution in [0.4, 0.5) is 5.69 Å². The van der Waals surface area contributed by atoms with Gasteiger partial charge in [0.2, 0.25) is 5.52 Å². The number of aryl methyl sites for hydroxylation is 2. The van der Waals surface area contributed by atoms with Crippen molar-refractivity contribution in [3.63, 3.8) is 0 Å². The first kappa shape index (κ1) is 21.0. The molecule has 1 aromatic heterocycles. The number of nitrogens with zero attached hydrogens (tertiary/aromatic N) is 2. The lowest BCUT2D eigenvalue weighted by atomic mass is 10.1. The van der Waals surface area contributed by atoms with Gasteiger partial charge in [0, 0.05) is 17.5 Å². The van der Waals surface area contributed by atoms with Crippen molar-refractivity contribution in [2.24, 2.45) is 0 Å². The van der Waals surface area contributed by atoms with Crippen LogP contribution in [0.25, 0.3) is 16.3 Å². The molecule has 0 unspecified atom stereocenters. The summed E-state index contributed by atoms with van der Waals surface area (Å²) < 4.78 is 9.12. The zero-order chi connectivity index (χ0) is 21.3. The fourth-order valence-electron chi connectivity index (χ4n) is 3.85. The standard InChI is InChI=1S/C25H29N2OS2/c1-6-18(14-24-26(7-2)20-13-17(4)9-11-22(20)29-24)15-25-27(8-3)21-16-19(28-5)10-12-23(21)30-25/h9-16H,6-8H2,1-5H3/q+1. The molecule has 4 rings (SSSR count). The second-order valence-corrected chi connectivity index (χ2v) is 9.52. The van der Waals surface area contributed by atoms with Crippen molar-refractivity contribution < 1.29 is 9.30 Å². The summed E-state index contributed by atoms with van der Waals surface area (Å²) in [7, 11) is 1.73. The second kappa shape index (κ2) is 8.86. The summed E-state index contributed by atoms with van der Waals surface area (Å²) in [6.45, 7) is 10.8. The van der Waals surface area contributed by atoms with E-state index in [0.717, 1.165) is 25.3 Å². The SMILES string of the molecule is CCC(=Cc1sc2ccc(OC)cc2[n+]1CC)C=C1Sc2ccc(C)cc2N1CC. The van der Waals surface area contributed by atoms with Gasteiger partial charge in [0.25, 0.3) is 5.01 Å². The average Bonchev–Trinajstić information content (AvgIpc) is 3.28. The molecule has 0 fully saturated rings. The quantitative estimate of drug-likeness (QED) is 0.395. The van der Waals surface area contributed by atoms with Crippen LogP contribution in [0.2, 0.25) is 0 Å². The second-order valence-electron chi connectivity index (χ2n) is 7.39. The normalized spacial score (nSPS) is 15.3. The van der Waals surface area contributed by atoms with E-state index < -0.39 is 0 Å². The number of fused-ring (bicyclic) bond motifs is 2. The Morgan fingerprint density at radius 3 is 2.67 bits per heavy atom. The summed E-state index contributed by atoms with van der Waals surface area (Å²) in [4.78, 5) is 3.78. The number of allylic oxidation sites excluding steroid dienone is 2. The predicted molar refractivity (Wildman–Crippen MR) is 131 cm³/mol. The number of benzene rings is 2. The molecule has 0 bridgehead atoms. The van der Waals surface area contributed by atoms with Crippen molar-refractivity contribution in [3.8, 4) is 5.75 Å². The molecule has 2 heterocycles. The zero-order valence-corrected chi connectivity index (χ0v) is 20.0. The van der Waals surface area contributed by atoms with Gasteiger partial charge < -0.3 is 9.64 Å². The van der Waals surface area contributed by atoms with Gasteiger partial charge in [-0.25, -0.2) is 0 Å². The Morgan fingerprint density at radius 1 is 1.13 bits per heavy atom. The zero-order valence-electron chi connectivity index (χ0n) is 18.4. The van der Waals surface area contributed by atoms with Crippen molar-refractivity contribution in [1.82, 2.24) is 0 Å². The van der Waals surface area contributed by atoms with Crippen LogP contribution in [0, 0.1) is 6.92 Å². The van der Waals surface area contributed by atoms with Gasteiger partial charge in [-0.15, -0.1) is 0 Å². The van der Waals surface area contributed by atoms with Crippen molar-refractivity contribution in [2.75, 3.05) is 18.6 Å². The van der Waals surface area contributed by atoms with Gasteiger partial charge >= 0.3 is 0 Å². The van der Waals surface area contributed by atoms with Gasteiger partial charge in [-0.3, -0.25) is 0 Å². The molecule has 5 heteroatoms. The number of ether oxygens (including phenoxy) is 1. The van der Waals surface area contributed by atoms with Crippen LogP contribution in [0.3, 0.4) is 0 Å². The van der Waals surface area contributed by atoms with Crippen LogP contribution in [0.1, 0.15) is 37.8 Å². The molecule has 0 saturated heterocycles. The molecule has 1 aliphatic heterocycles. The highest BCUT2D eigenvalue weighted by Gasteiger charge is 2.24.